The number of hydrogen-bond donors (Lipinski definition) is 4. The molecule has 0 aliphatic heterocycles. The van der Waals surface area contributed by atoms with E-state index in [4.69, 9.17) is 44.9 Å². The number of thioether (sulfide) groups is 2. The number of nitriles is 1. The van der Waals surface area contributed by atoms with Crippen molar-refractivity contribution >= 4 is 69.4 Å². The van der Waals surface area contributed by atoms with E-state index >= 15 is 0 Å². The van der Waals surface area contributed by atoms with Crippen LogP contribution in [-0.4, -0.2) is 45.5 Å². The van der Waals surface area contributed by atoms with Crippen LogP contribution in [-0.2, 0) is 6.18 Å². The Morgan fingerprint density at radius 2 is 1.41 bits per heavy atom. The average molecular weight is 723 g/mol. The summed E-state index contributed by atoms with van der Waals surface area (Å²) in [7, 11) is 0. The van der Waals surface area contributed by atoms with Gasteiger partial charge in [0.25, 0.3) is 0 Å². The van der Waals surface area contributed by atoms with Crippen molar-refractivity contribution in [1.29, 1.82) is 5.26 Å². The van der Waals surface area contributed by atoms with Gasteiger partial charge in [0.15, 0.2) is 0 Å². The van der Waals surface area contributed by atoms with Crippen LogP contribution in [0.3, 0.4) is 0 Å². The lowest BCUT2D eigenvalue weighted by Crippen LogP contribution is -2.25. The maximum atomic E-state index is 12.9. The second-order valence-electron chi connectivity index (χ2n) is 9.27. The van der Waals surface area contributed by atoms with Crippen molar-refractivity contribution in [2.75, 3.05) is 13.2 Å². The first kappa shape index (κ1) is 36.6. The highest BCUT2D eigenvalue weighted by atomic mass is 35.5. The topological polar surface area (TPSA) is 142 Å². The highest BCUT2D eigenvalue weighted by Gasteiger charge is 2.31. The number of aliphatic hydroxyl groups is 2. The number of thiazole rings is 2. The lowest BCUT2D eigenvalue weighted by molar-refractivity contribution is -0.137. The lowest BCUT2D eigenvalue weighted by Gasteiger charge is -2.19. The molecule has 44 heavy (non-hydrogen) atoms. The third kappa shape index (κ3) is 11.2. The number of aliphatic hydroxyl groups excluding tert-OH is 2. The van der Waals surface area contributed by atoms with E-state index in [1.165, 1.54) is 29.2 Å². The summed E-state index contributed by atoms with van der Waals surface area (Å²) in [4.78, 5) is 11.2. The van der Waals surface area contributed by atoms with E-state index in [9.17, 15) is 18.4 Å². The highest BCUT2D eigenvalue weighted by molar-refractivity contribution is 8.00. The number of hydrogen-bond acceptors (Lipinski definition) is 11. The number of halogens is 5. The highest BCUT2D eigenvalue weighted by Crippen LogP contribution is 2.45. The standard InChI is InChI=1S/C14H14ClF3N2OS2.C14H14ClN3OS2/c15-10-2-1-8(14(16,17)18)3-11(10)23-12(4-9(19)6-21)13-5-20-7-22-13;15-10-1-2-12(9(3-10)5-16)21-13(4-11(17)7-19)14-6-18-8-20-14/h1-3,5,7,9,12,21H,4,6,19H2;1-3,6,8,11,13,19H,4,7,17H2/t9-,12+;11-,13+/m00/s1. The number of alkyl halides is 3. The van der Waals surface area contributed by atoms with Crippen molar-refractivity contribution in [3.05, 3.63) is 90.7 Å². The zero-order chi connectivity index (χ0) is 32.3. The minimum Gasteiger partial charge on any atom is -0.395 e. The summed E-state index contributed by atoms with van der Waals surface area (Å²) in [6.07, 6.45) is 0.0243. The van der Waals surface area contributed by atoms with Gasteiger partial charge in [-0.2, -0.15) is 18.4 Å². The molecule has 4 atom stereocenters. The SMILES string of the molecule is N#Cc1cc(Cl)ccc1S[C@H](C[C@H](N)CO)c1cncs1.N[C@H](CO)C[C@@H](Sc1cc(C(F)(F)F)ccc1Cl)c1cncs1. The minimum absolute atomic E-state index is 0.0490. The Labute approximate surface area is 279 Å². The molecule has 2 aromatic carbocycles. The molecular formula is C28H28Cl2F3N5O2S4. The summed E-state index contributed by atoms with van der Waals surface area (Å²) in [5.41, 5.74) is 14.8. The molecule has 7 nitrogen and oxygen atoms in total. The molecule has 0 spiro atoms. The van der Waals surface area contributed by atoms with Gasteiger partial charge in [-0.25, -0.2) is 0 Å². The van der Waals surface area contributed by atoms with Crippen molar-refractivity contribution < 1.29 is 23.4 Å². The number of nitrogens with zero attached hydrogens (tertiary/aromatic N) is 3. The molecule has 2 heterocycles. The van der Waals surface area contributed by atoms with Crippen molar-refractivity contribution in [2.45, 2.75) is 51.4 Å². The number of aromatic nitrogens is 2. The quantitative estimate of drug-likeness (QED) is 0.109. The molecule has 0 aliphatic rings. The zero-order valence-electron chi connectivity index (χ0n) is 22.8. The summed E-state index contributed by atoms with van der Waals surface area (Å²) in [6.45, 7) is -0.270. The molecule has 0 unspecified atom stereocenters. The zero-order valence-corrected chi connectivity index (χ0v) is 27.6. The third-order valence-electron chi connectivity index (χ3n) is 5.90. The van der Waals surface area contributed by atoms with Crippen LogP contribution in [0.4, 0.5) is 13.2 Å². The number of rotatable bonds is 12. The Morgan fingerprint density at radius 1 is 0.864 bits per heavy atom. The number of benzene rings is 2. The van der Waals surface area contributed by atoms with Gasteiger partial charge in [0, 0.05) is 59.5 Å². The predicted octanol–water partition coefficient (Wildman–Crippen LogP) is 7.57. The molecule has 4 rings (SSSR count). The Kier molecular flexibility index (Phi) is 14.7. The smallest absolute Gasteiger partial charge is 0.395 e. The molecule has 0 bridgehead atoms. The molecule has 0 saturated carbocycles. The van der Waals surface area contributed by atoms with Gasteiger partial charge in [0.1, 0.15) is 6.07 Å². The lowest BCUT2D eigenvalue weighted by atomic mass is 10.1. The maximum Gasteiger partial charge on any atom is 0.416 e. The summed E-state index contributed by atoms with van der Waals surface area (Å²) in [6, 6.07) is 9.86. The first-order chi connectivity index (χ1) is 20.9. The van der Waals surface area contributed by atoms with Crippen LogP contribution in [0.15, 0.2) is 69.6 Å². The van der Waals surface area contributed by atoms with Gasteiger partial charge in [-0.15, -0.1) is 46.2 Å². The van der Waals surface area contributed by atoms with Crippen LogP contribution < -0.4 is 11.5 Å². The van der Waals surface area contributed by atoms with E-state index in [-0.39, 0.29) is 34.8 Å². The van der Waals surface area contributed by atoms with Crippen LogP contribution in [0.1, 0.15) is 44.2 Å². The molecule has 2 aromatic heterocycles. The molecule has 0 fully saturated rings. The Balaban J connectivity index is 0.000000241. The van der Waals surface area contributed by atoms with E-state index in [1.807, 2.05) is 6.07 Å². The summed E-state index contributed by atoms with van der Waals surface area (Å²) in [5.74, 6) is 0. The van der Waals surface area contributed by atoms with Gasteiger partial charge >= 0.3 is 6.18 Å². The van der Waals surface area contributed by atoms with Crippen LogP contribution in [0.5, 0.6) is 0 Å². The van der Waals surface area contributed by atoms with Gasteiger partial charge in [0.2, 0.25) is 0 Å². The van der Waals surface area contributed by atoms with E-state index in [0.29, 0.717) is 28.3 Å². The van der Waals surface area contributed by atoms with Crippen molar-refractivity contribution in [3.63, 3.8) is 0 Å². The first-order valence-corrected chi connectivity index (χ1v) is 17.1. The molecular weight excluding hydrogens is 695 g/mol. The maximum absolute atomic E-state index is 12.9. The molecule has 0 saturated heterocycles. The van der Waals surface area contributed by atoms with Gasteiger partial charge < -0.3 is 21.7 Å². The Morgan fingerprint density at radius 3 is 1.86 bits per heavy atom. The fourth-order valence-corrected chi connectivity index (χ4v) is 8.36. The summed E-state index contributed by atoms with van der Waals surface area (Å²) in [5, 5.41) is 28.1. The van der Waals surface area contributed by atoms with Crippen molar-refractivity contribution in [1.82, 2.24) is 9.97 Å². The fourth-order valence-electron chi connectivity index (χ4n) is 3.68. The van der Waals surface area contributed by atoms with Crippen LogP contribution in [0.2, 0.25) is 10.0 Å². The fraction of sp³-hybridized carbons (Fsp3) is 0.321. The Bertz CT molecular complexity index is 1490. The summed E-state index contributed by atoms with van der Waals surface area (Å²) >= 11 is 17.6. The molecule has 0 amide bonds. The second-order valence-corrected chi connectivity index (χ2v) is 14.4. The van der Waals surface area contributed by atoms with E-state index in [0.717, 1.165) is 26.8 Å². The van der Waals surface area contributed by atoms with Gasteiger partial charge in [0.05, 0.1) is 40.4 Å². The summed E-state index contributed by atoms with van der Waals surface area (Å²) < 4.78 is 38.6. The largest absolute Gasteiger partial charge is 0.416 e. The molecule has 0 aliphatic carbocycles. The molecule has 4 aromatic rings. The van der Waals surface area contributed by atoms with Gasteiger partial charge in [-0.3, -0.25) is 9.97 Å². The Hall–Kier alpha value is -1.90. The predicted molar refractivity (Wildman–Crippen MR) is 173 cm³/mol. The average Bonchev–Trinajstić information content (AvgIpc) is 3.73. The molecule has 6 N–H and O–H groups in total. The second kappa shape index (κ2) is 17.7. The van der Waals surface area contributed by atoms with Crippen molar-refractivity contribution in [3.8, 4) is 6.07 Å². The van der Waals surface area contributed by atoms with Crippen LogP contribution in [0.25, 0.3) is 0 Å². The number of nitrogens with two attached hydrogens (primary N) is 2. The van der Waals surface area contributed by atoms with Gasteiger partial charge in [-0.05, 0) is 49.2 Å². The van der Waals surface area contributed by atoms with Gasteiger partial charge in [-0.1, -0.05) is 23.2 Å². The molecule has 236 valence electrons. The van der Waals surface area contributed by atoms with Crippen LogP contribution in [0, 0.1) is 11.3 Å². The van der Waals surface area contributed by atoms with E-state index < -0.39 is 17.8 Å². The molecule has 16 heteroatoms. The van der Waals surface area contributed by atoms with Crippen molar-refractivity contribution in [2.24, 2.45) is 11.5 Å². The monoisotopic (exact) mass is 721 g/mol. The molecule has 0 radical (unpaired) electrons. The first-order valence-electron chi connectivity index (χ1n) is 12.8. The van der Waals surface area contributed by atoms with Crippen LogP contribution >= 0.6 is 69.4 Å². The van der Waals surface area contributed by atoms with E-state index in [2.05, 4.69) is 16.0 Å². The normalized spacial score (nSPS) is 14.2. The van der Waals surface area contributed by atoms with E-state index in [1.54, 1.807) is 58.6 Å². The minimum atomic E-state index is -4.43. The third-order valence-corrected chi connectivity index (χ3v) is 11.3.